The van der Waals surface area contributed by atoms with Crippen LogP contribution in [0.25, 0.3) is 6.08 Å². The number of nitrogens with zero attached hydrogens (tertiary/aromatic N) is 2. The van der Waals surface area contributed by atoms with Gasteiger partial charge in [-0.3, -0.25) is 9.36 Å². The van der Waals surface area contributed by atoms with Gasteiger partial charge in [0.2, 0.25) is 0 Å². The van der Waals surface area contributed by atoms with Crippen LogP contribution in [0.5, 0.6) is 11.5 Å². The molecule has 3 aromatic rings. The third kappa shape index (κ3) is 6.22. The van der Waals surface area contributed by atoms with Crippen molar-refractivity contribution >= 4 is 41.0 Å². The van der Waals surface area contributed by atoms with Gasteiger partial charge in [-0.15, -0.1) is 0 Å². The second kappa shape index (κ2) is 12.3. The fourth-order valence-corrected chi connectivity index (χ4v) is 5.20. The molecule has 2 aromatic carbocycles. The van der Waals surface area contributed by atoms with Crippen molar-refractivity contribution in [2.75, 3.05) is 34.0 Å². The number of thiazole rings is 1. The molecule has 10 nitrogen and oxygen atoms in total. The van der Waals surface area contributed by atoms with Crippen molar-refractivity contribution < 1.29 is 33.6 Å². The number of allylic oxidation sites excluding steroid dienone is 1. The van der Waals surface area contributed by atoms with Crippen molar-refractivity contribution in [3.8, 4) is 11.5 Å². The Morgan fingerprint density at radius 1 is 1.13 bits per heavy atom. The van der Waals surface area contributed by atoms with Crippen molar-refractivity contribution in [2.24, 2.45) is 4.99 Å². The van der Waals surface area contributed by atoms with Gasteiger partial charge in [-0.2, -0.15) is 0 Å². The summed E-state index contributed by atoms with van der Waals surface area (Å²) in [7, 11) is 2.94. The maximum atomic E-state index is 13.7. The highest BCUT2D eigenvalue weighted by atomic mass is 35.5. The quantitative estimate of drug-likeness (QED) is 0.290. The number of aliphatic carboxylic acids is 1. The fraction of sp³-hybridized carbons (Fsp3) is 0.259. The summed E-state index contributed by atoms with van der Waals surface area (Å²) < 4.78 is 22.8. The van der Waals surface area contributed by atoms with E-state index < -0.39 is 24.6 Å². The van der Waals surface area contributed by atoms with Gasteiger partial charge < -0.3 is 24.1 Å². The van der Waals surface area contributed by atoms with Crippen molar-refractivity contribution in [1.29, 1.82) is 0 Å². The first-order valence-corrected chi connectivity index (χ1v) is 12.9. The summed E-state index contributed by atoms with van der Waals surface area (Å²) in [6.45, 7) is 1.47. The van der Waals surface area contributed by atoms with Crippen LogP contribution < -0.4 is 24.4 Å². The van der Waals surface area contributed by atoms with Crippen LogP contribution >= 0.6 is 22.9 Å². The number of hydrogen-bond donors (Lipinski definition) is 1. The van der Waals surface area contributed by atoms with E-state index in [4.69, 9.17) is 35.7 Å². The second-order valence-corrected chi connectivity index (χ2v) is 9.80. The van der Waals surface area contributed by atoms with Crippen molar-refractivity contribution in [3.05, 3.63) is 89.6 Å². The van der Waals surface area contributed by atoms with E-state index in [0.29, 0.717) is 36.9 Å². The average molecular weight is 573 g/mol. The average Bonchev–Trinajstić information content (AvgIpc) is 3.21. The molecule has 0 fully saturated rings. The summed E-state index contributed by atoms with van der Waals surface area (Å²) in [4.78, 5) is 42.7. The highest BCUT2D eigenvalue weighted by molar-refractivity contribution is 7.07. The SMILES string of the molecule is COCCOC(=O)C1=C(C)N=c2sc(=Cc3ccc(OCC(=O)O)c(OC)c3)c(=O)n2C1c1ccc(Cl)cc1. The first kappa shape index (κ1) is 28.1. The lowest BCUT2D eigenvalue weighted by Crippen LogP contribution is -2.40. The number of halogens is 1. The molecule has 0 amide bonds. The van der Waals surface area contributed by atoms with Gasteiger partial charge in [0.1, 0.15) is 6.61 Å². The number of carbonyl (C=O) groups excluding carboxylic acids is 1. The Hall–Kier alpha value is -3.93. The number of fused-ring (bicyclic) bond motifs is 1. The van der Waals surface area contributed by atoms with E-state index in [1.165, 1.54) is 30.1 Å². The Morgan fingerprint density at radius 3 is 2.54 bits per heavy atom. The smallest absolute Gasteiger partial charge is 0.341 e. The number of benzene rings is 2. The van der Waals surface area contributed by atoms with Gasteiger partial charge in [0, 0.05) is 12.1 Å². The number of carbonyl (C=O) groups is 2. The summed E-state index contributed by atoms with van der Waals surface area (Å²) in [5, 5.41) is 9.39. The standard InChI is InChI=1S/C27H25ClN2O8S/c1-15-23(26(34)37-11-10-35-2)24(17-5-7-18(28)8-6-17)30-25(33)21(39-27(30)29-15)13-16-4-9-19(20(12-16)36-3)38-14-22(31)32/h4-9,12-13,24H,10-11,14H2,1-3H3,(H,31,32). The molecule has 0 spiro atoms. The molecule has 1 N–H and O–H groups in total. The van der Waals surface area contributed by atoms with E-state index >= 15 is 0 Å². The number of methoxy groups -OCH3 is 2. The molecule has 1 aliphatic rings. The van der Waals surface area contributed by atoms with E-state index in [1.807, 2.05) is 0 Å². The van der Waals surface area contributed by atoms with E-state index in [1.54, 1.807) is 55.5 Å². The maximum Gasteiger partial charge on any atom is 0.341 e. The van der Waals surface area contributed by atoms with E-state index in [9.17, 15) is 14.4 Å². The molecular weight excluding hydrogens is 548 g/mol. The lowest BCUT2D eigenvalue weighted by atomic mass is 9.96. The van der Waals surface area contributed by atoms with E-state index in [-0.39, 0.29) is 30.1 Å². The Kier molecular flexibility index (Phi) is 8.85. The zero-order valence-electron chi connectivity index (χ0n) is 21.3. The molecule has 0 bridgehead atoms. The molecule has 4 rings (SSSR count). The zero-order valence-corrected chi connectivity index (χ0v) is 22.9. The number of carboxylic acid groups (broad SMARTS) is 1. The topological polar surface area (TPSA) is 126 Å². The molecule has 0 saturated heterocycles. The summed E-state index contributed by atoms with van der Waals surface area (Å²) >= 11 is 7.28. The van der Waals surface area contributed by atoms with Crippen molar-refractivity contribution in [2.45, 2.75) is 13.0 Å². The van der Waals surface area contributed by atoms with Crippen LogP contribution in [0.2, 0.25) is 5.02 Å². The minimum atomic E-state index is -1.12. The van der Waals surface area contributed by atoms with Crippen LogP contribution in [-0.2, 0) is 19.1 Å². The molecule has 204 valence electrons. The van der Waals surface area contributed by atoms with Gasteiger partial charge in [0.25, 0.3) is 5.56 Å². The van der Waals surface area contributed by atoms with Crippen LogP contribution in [-0.4, -0.2) is 55.7 Å². The highest BCUT2D eigenvalue weighted by Gasteiger charge is 2.33. The van der Waals surface area contributed by atoms with Gasteiger partial charge in [0.15, 0.2) is 22.9 Å². The molecule has 0 radical (unpaired) electrons. The second-order valence-electron chi connectivity index (χ2n) is 8.35. The molecule has 0 aliphatic carbocycles. The molecule has 12 heteroatoms. The van der Waals surface area contributed by atoms with Crippen LogP contribution in [0.15, 0.2) is 63.5 Å². The number of ether oxygens (including phenoxy) is 4. The number of aromatic nitrogens is 1. The monoisotopic (exact) mass is 572 g/mol. The van der Waals surface area contributed by atoms with Crippen LogP contribution in [0.3, 0.4) is 0 Å². The zero-order chi connectivity index (χ0) is 28.1. The number of carboxylic acids is 1. The largest absolute Gasteiger partial charge is 0.493 e. The van der Waals surface area contributed by atoms with Crippen LogP contribution in [0.1, 0.15) is 24.1 Å². The molecule has 1 aromatic heterocycles. The fourth-order valence-electron chi connectivity index (χ4n) is 4.02. The summed E-state index contributed by atoms with van der Waals surface area (Å²) in [5.41, 5.74) is 1.62. The van der Waals surface area contributed by atoms with Gasteiger partial charge >= 0.3 is 11.9 Å². The molecule has 39 heavy (non-hydrogen) atoms. The van der Waals surface area contributed by atoms with Crippen LogP contribution in [0.4, 0.5) is 0 Å². The maximum absolute atomic E-state index is 13.7. The minimum Gasteiger partial charge on any atom is -0.493 e. The van der Waals surface area contributed by atoms with Gasteiger partial charge in [-0.05, 0) is 48.4 Å². The number of rotatable bonds is 10. The first-order valence-electron chi connectivity index (χ1n) is 11.7. The van der Waals surface area contributed by atoms with Crippen molar-refractivity contribution in [3.63, 3.8) is 0 Å². The third-order valence-electron chi connectivity index (χ3n) is 5.78. The first-order chi connectivity index (χ1) is 18.7. The molecule has 2 heterocycles. The molecule has 1 unspecified atom stereocenters. The molecular formula is C27H25ClN2O8S. The number of hydrogen-bond acceptors (Lipinski definition) is 9. The highest BCUT2D eigenvalue weighted by Crippen LogP contribution is 2.32. The molecule has 0 saturated carbocycles. The Balaban J connectivity index is 1.81. The van der Waals surface area contributed by atoms with Gasteiger partial charge in [0.05, 0.1) is 35.6 Å². The van der Waals surface area contributed by atoms with Gasteiger partial charge in [-0.1, -0.05) is 41.1 Å². The minimum absolute atomic E-state index is 0.0535. The Bertz CT molecular complexity index is 1610. The summed E-state index contributed by atoms with van der Waals surface area (Å²) in [6, 6.07) is 11.0. The third-order valence-corrected chi connectivity index (χ3v) is 7.02. The lowest BCUT2D eigenvalue weighted by molar-refractivity contribution is -0.141. The summed E-state index contributed by atoms with van der Waals surface area (Å²) in [6.07, 6.45) is 1.67. The van der Waals surface area contributed by atoms with E-state index in [0.717, 1.165) is 0 Å². The summed E-state index contributed by atoms with van der Waals surface area (Å²) in [5.74, 6) is -1.14. The van der Waals surface area contributed by atoms with Crippen molar-refractivity contribution in [1.82, 2.24) is 4.57 Å². The van der Waals surface area contributed by atoms with Crippen LogP contribution in [0, 0.1) is 0 Å². The predicted octanol–water partition coefficient (Wildman–Crippen LogP) is 2.55. The normalized spacial score (nSPS) is 15.0. The lowest BCUT2D eigenvalue weighted by Gasteiger charge is -2.24. The predicted molar refractivity (Wildman–Crippen MR) is 144 cm³/mol. The van der Waals surface area contributed by atoms with E-state index in [2.05, 4.69) is 4.99 Å². The Labute approximate surface area is 232 Å². The molecule has 1 atom stereocenters. The molecule has 1 aliphatic heterocycles. The Morgan fingerprint density at radius 2 is 1.87 bits per heavy atom. The van der Waals surface area contributed by atoms with Gasteiger partial charge in [-0.25, -0.2) is 14.6 Å². The number of esters is 1.